The van der Waals surface area contributed by atoms with Crippen LogP contribution in [0.2, 0.25) is 0 Å². The van der Waals surface area contributed by atoms with E-state index < -0.39 is 47.2 Å². The van der Waals surface area contributed by atoms with Crippen LogP contribution in [-0.4, -0.2) is 18.4 Å². The lowest BCUT2D eigenvalue weighted by molar-refractivity contribution is -0.117. The van der Waals surface area contributed by atoms with Crippen LogP contribution in [0.1, 0.15) is 28.8 Å². The van der Waals surface area contributed by atoms with E-state index in [0.717, 1.165) is 6.42 Å². The highest BCUT2D eigenvalue weighted by atomic mass is 19.2. The lowest BCUT2D eigenvalue weighted by Gasteiger charge is -2.15. The van der Waals surface area contributed by atoms with Gasteiger partial charge in [0.2, 0.25) is 11.7 Å². The number of hydrogen-bond acceptors (Lipinski definition) is 3. The Morgan fingerprint density at radius 3 is 2.00 bits per heavy atom. The normalized spacial score (nSPS) is 14.0. The molecular weight excluding hydrogens is 373 g/mol. The molecule has 0 radical (unpaired) electrons. The summed E-state index contributed by atoms with van der Waals surface area (Å²) in [5.41, 5.74) is -0.665. The minimum atomic E-state index is -2.29. The Morgan fingerprint density at radius 1 is 0.926 bits per heavy atom. The van der Waals surface area contributed by atoms with E-state index >= 15 is 0 Å². The van der Waals surface area contributed by atoms with Gasteiger partial charge >= 0.3 is 5.97 Å². The zero-order valence-corrected chi connectivity index (χ0v) is 13.7. The molecule has 1 aliphatic rings. The predicted octanol–water partition coefficient (Wildman–Crippen LogP) is 3.87. The van der Waals surface area contributed by atoms with Crippen molar-refractivity contribution in [2.45, 2.75) is 19.4 Å². The van der Waals surface area contributed by atoms with E-state index in [4.69, 9.17) is 0 Å². The van der Waals surface area contributed by atoms with Gasteiger partial charge in [-0.2, -0.15) is 0 Å². The summed E-state index contributed by atoms with van der Waals surface area (Å²) in [6.45, 7) is -0.570. The zero-order valence-electron chi connectivity index (χ0n) is 13.7. The zero-order chi connectivity index (χ0) is 19.7. The van der Waals surface area contributed by atoms with Crippen molar-refractivity contribution in [1.29, 1.82) is 0 Å². The number of amides is 1. The predicted molar refractivity (Wildman–Crippen MR) is 83.4 cm³/mol. The minimum absolute atomic E-state index is 0.00531. The fourth-order valence-electron chi connectivity index (χ4n) is 2.70. The van der Waals surface area contributed by atoms with Crippen LogP contribution in [0.4, 0.5) is 27.6 Å². The molecule has 1 saturated heterocycles. The first-order valence-corrected chi connectivity index (χ1v) is 7.89. The summed E-state index contributed by atoms with van der Waals surface area (Å²) in [6.07, 6.45) is 1.16. The van der Waals surface area contributed by atoms with E-state index in [2.05, 4.69) is 4.74 Å². The third kappa shape index (κ3) is 3.49. The lowest BCUT2D eigenvalue weighted by atomic mass is 10.1. The molecule has 0 saturated carbocycles. The molecular formula is C18H12F5NO3. The number of anilines is 1. The highest BCUT2D eigenvalue weighted by molar-refractivity contribution is 5.96. The van der Waals surface area contributed by atoms with Crippen molar-refractivity contribution in [3.63, 3.8) is 0 Å². The van der Waals surface area contributed by atoms with Gasteiger partial charge in [0.25, 0.3) is 0 Å². The number of rotatable bonds is 4. The molecule has 1 fully saturated rings. The Hall–Kier alpha value is -2.97. The van der Waals surface area contributed by atoms with Crippen molar-refractivity contribution < 1.29 is 36.3 Å². The summed E-state index contributed by atoms with van der Waals surface area (Å²) in [7, 11) is 0. The number of carbonyl (C=O) groups is 2. The number of nitrogens with zero attached hydrogens (tertiary/aromatic N) is 1. The minimum Gasteiger partial charge on any atom is -0.457 e. The van der Waals surface area contributed by atoms with Crippen molar-refractivity contribution >= 4 is 17.6 Å². The van der Waals surface area contributed by atoms with E-state index in [0.29, 0.717) is 18.7 Å². The molecule has 0 spiro atoms. The largest absolute Gasteiger partial charge is 0.457 e. The average molecular weight is 385 g/mol. The lowest BCUT2D eigenvalue weighted by Crippen LogP contribution is -2.23. The number of ether oxygens (including phenoxy) is 1. The number of benzene rings is 2. The van der Waals surface area contributed by atoms with Crippen LogP contribution in [0, 0.1) is 29.1 Å². The van der Waals surface area contributed by atoms with Gasteiger partial charge < -0.3 is 9.64 Å². The van der Waals surface area contributed by atoms with E-state index in [1.54, 1.807) is 4.90 Å². The van der Waals surface area contributed by atoms with Gasteiger partial charge in [-0.15, -0.1) is 0 Å². The van der Waals surface area contributed by atoms with Crippen molar-refractivity contribution in [3.05, 3.63) is 64.5 Å². The van der Waals surface area contributed by atoms with Crippen LogP contribution < -0.4 is 4.90 Å². The third-order valence-corrected chi connectivity index (χ3v) is 4.14. The first kappa shape index (κ1) is 18.8. The molecule has 0 bridgehead atoms. The third-order valence-electron chi connectivity index (χ3n) is 4.14. The van der Waals surface area contributed by atoms with E-state index in [9.17, 15) is 31.5 Å². The highest BCUT2D eigenvalue weighted by Gasteiger charge is 2.26. The average Bonchev–Trinajstić information content (AvgIpc) is 3.10. The Labute approximate surface area is 150 Å². The van der Waals surface area contributed by atoms with Crippen LogP contribution >= 0.6 is 0 Å². The van der Waals surface area contributed by atoms with Crippen LogP contribution in [0.25, 0.3) is 0 Å². The van der Waals surface area contributed by atoms with Gasteiger partial charge in [0.15, 0.2) is 23.3 Å². The van der Waals surface area contributed by atoms with Gasteiger partial charge in [-0.25, -0.2) is 26.7 Å². The summed E-state index contributed by atoms with van der Waals surface area (Å²) in [6, 6.07) is 5.67. The maximum atomic E-state index is 13.6. The Balaban J connectivity index is 1.72. The second-order valence-corrected chi connectivity index (χ2v) is 5.82. The maximum absolute atomic E-state index is 13.6. The summed E-state index contributed by atoms with van der Waals surface area (Å²) < 4.78 is 71.1. The first-order chi connectivity index (χ1) is 12.8. The molecule has 0 unspecified atom stereocenters. The number of esters is 1. The molecule has 9 heteroatoms. The molecule has 2 aromatic rings. The van der Waals surface area contributed by atoms with E-state index in [1.165, 1.54) is 24.3 Å². The fourth-order valence-corrected chi connectivity index (χ4v) is 2.70. The Morgan fingerprint density at radius 2 is 1.48 bits per heavy atom. The molecule has 0 aliphatic carbocycles. The first-order valence-electron chi connectivity index (χ1n) is 7.89. The molecule has 27 heavy (non-hydrogen) atoms. The van der Waals surface area contributed by atoms with Crippen molar-refractivity contribution in [3.8, 4) is 0 Å². The van der Waals surface area contributed by atoms with Gasteiger partial charge in [0, 0.05) is 18.7 Å². The fraction of sp³-hybridized carbons (Fsp3) is 0.222. The quantitative estimate of drug-likeness (QED) is 0.348. The summed E-state index contributed by atoms with van der Waals surface area (Å²) in [4.78, 5) is 25.2. The molecule has 1 aliphatic heterocycles. The second kappa shape index (κ2) is 7.34. The molecule has 4 nitrogen and oxygen atoms in total. The van der Waals surface area contributed by atoms with Crippen LogP contribution in [0.3, 0.4) is 0 Å². The number of halogens is 5. The monoisotopic (exact) mass is 385 g/mol. The Bertz CT molecular complexity index is 885. The van der Waals surface area contributed by atoms with Gasteiger partial charge in [-0.3, -0.25) is 4.79 Å². The second-order valence-electron chi connectivity index (χ2n) is 5.82. The number of hydrogen-bond donors (Lipinski definition) is 0. The molecule has 0 atom stereocenters. The number of carbonyl (C=O) groups excluding carboxylic acids is 2. The van der Waals surface area contributed by atoms with Crippen molar-refractivity contribution in [1.82, 2.24) is 0 Å². The smallest absolute Gasteiger partial charge is 0.338 e. The molecule has 2 aromatic carbocycles. The molecule has 1 amide bonds. The van der Waals surface area contributed by atoms with Crippen LogP contribution in [0.5, 0.6) is 0 Å². The van der Waals surface area contributed by atoms with Crippen molar-refractivity contribution in [2.24, 2.45) is 0 Å². The summed E-state index contributed by atoms with van der Waals surface area (Å²) >= 11 is 0. The standard InChI is InChI=1S/C18H12F5NO3/c19-13-11(14(20)16(22)17(23)15(13)21)8-27-18(26)9-3-5-10(6-4-9)24-7-1-2-12(24)25/h3-6H,1-2,7-8H2. The summed E-state index contributed by atoms with van der Waals surface area (Å²) in [5.74, 6) is -11.7. The van der Waals surface area contributed by atoms with Gasteiger partial charge in [-0.05, 0) is 30.7 Å². The molecule has 142 valence electrons. The van der Waals surface area contributed by atoms with E-state index in [-0.39, 0.29) is 11.5 Å². The Kier molecular flexibility index (Phi) is 5.11. The molecule has 3 rings (SSSR count). The SMILES string of the molecule is O=C(OCc1c(F)c(F)c(F)c(F)c1F)c1ccc(N2CCCC2=O)cc1. The van der Waals surface area contributed by atoms with Gasteiger partial charge in [-0.1, -0.05) is 0 Å². The van der Waals surface area contributed by atoms with Crippen LogP contribution in [-0.2, 0) is 16.1 Å². The van der Waals surface area contributed by atoms with Gasteiger partial charge in [0.05, 0.1) is 11.1 Å². The van der Waals surface area contributed by atoms with Gasteiger partial charge in [0.1, 0.15) is 6.61 Å². The van der Waals surface area contributed by atoms with Crippen molar-refractivity contribution in [2.75, 3.05) is 11.4 Å². The van der Waals surface area contributed by atoms with Crippen LogP contribution in [0.15, 0.2) is 24.3 Å². The highest BCUT2D eigenvalue weighted by Crippen LogP contribution is 2.25. The van der Waals surface area contributed by atoms with E-state index in [1.807, 2.05) is 0 Å². The topological polar surface area (TPSA) is 46.6 Å². The maximum Gasteiger partial charge on any atom is 0.338 e. The molecule has 0 N–H and O–H groups in total. The summed E-state index contributed by atoms with van der Waals surface area (Å²) in [5, 5.41) is 0. The molecule has 0 aromatic heterocycles. The molecule has 1 heterocycles.